The van der Waals surface area contributed by atoms with Crippen LogP contribution in [0.1, 0.15) is 105 Å². The first kappa shape index (κ1) is 29.9. The predicted octanol–water partition coefficient (Wildman–Crippen LogP) is 9.34. The maximum atomic E-state index is 11.6. The second-order valence-electron chi connectivity index (χ2n) is 15.1. The number of phenols is 2. The molecule has 0 atom stereocenters. The number of aromatic hydroxyl groups is 2. The van der Waals surface area contributed by atoms with E-state index in [1.54, 1.807) is 6.07 Å². The number of nitrogens with zero attached hydrogens (tertiary/aromatic N) is 3. The van der Waals surface area contributed by atoms with Crippen LogP contribution in [0.25, 0.3) is 27.8 Å². The van der Waals surface area contributed by atoms with Gasteiger partial charge in [0.2, 0.25) is 0 Å². The maximum Gasteiger partial charge on any atom is 0.146 e. The van der Waals surface area contributed by atoms with Gasteiger partial charge in [0.15, 0.2) is 0 Å². The molecule has 0 bridgehead atoms. The van der Waals surface area contributed by atoms with E-state index in [1.807, 2.05) is 18.2 Å². The van der Waals surface area contributed by atoms with Gasteiger partial charge in [-0.1, -0.05) is 107 Å². The zero-order valence-corrected chi connectivity index (χ0v) is 26.8. The van der Waals surface area contributed by atoms with E-state index in [1.165, 1.54) is 4.80 Å². The molecule has 5 nitrogen and oxygen atoms in total. The van der Waals surface area contributed by atoms with Crippen LogP contribution in [0.5, 0.6) is 11.5 Å². The van der Waals surface area contributed by atoms with Gasteiger partial charge in [0.1, 0.15) is 28.2 Å². The van der Waals surface area contributed by atoms with Gasteiger partial charge in [0, 0.05) is 22.3 Å². The summed E-state index contributed by atoms with van der Waals surface area (Å²) in [5.74, 6) is 0.345. The molecule has 0 saturated carbocycles. The summed E-state index contributed by atoms with van der Waals surface area (Å²) >= 11 is 6.86. The number of halogens is 1. The molecule has 0 radical (unpaired) electrons. The predicted molar refractivity (Wildman–Crippen MR) is 167 cm³/mol. The van der Waals surface area contributed by atoms with E-state index in [0.717, 1.165) is 22.3 Å². The lowest BCUT2D eigenvalue weighted by molar-refractivity contribution is 0.438. The molecule has 4 rings (SSSR count). The molecule has 0 unspecified atom stereocenters. The van der Waals surface area contributed by atoms with Crippen LogP contribution in [0, 0.1) is 0 Å². The Morgan fingerprint density at radius 3 is 1.62 bits per heavy atom. The van der Waals surface area contributed by atoms with E-state index in [9.17, 15) is 10.2 Å². The van der Waals surface area contributed by atoms with Gasteiger partial charge in [-0.3, -0.25) is 0 Å². The van der Waals surface area contributed by atoms with Crippen molar-refractivity contribution in [2.24, 2.45) is 0 Å². The van der Waals surface area contributed by atoms with Gasteiger partial charge in [-0.15, -0.1) is 15.0 Å². The van der Waals surface area contributed by atoms with Gasteiger partial charge >= 0.3 is 0 Å². The van der Waals surface area contributed by atoms with Crippen LogP contribution in [-0.4, -0.2) is 25.2 Å². The summed E-state index contributed by atoms with van der Waals surface area (Å²) in [6.45, 7) is 25.5. The lowest BCUT2D eigenvalue weighted by Crippen LogP contribution is -2.18. The second-order valence-corrected chi connectivity index (χ2v) is 15.5. The molecular weight excluding hydrogens is 518 g/mol. The summed E-state index contributed by atoms with van der Waals surface area (Å²) in [7, 11) is 0. The Morgan fingerprint density at radius 2 is 1.12 bits per heavy atom. The number of rotatable bonds is 2. The lowest BCUT2D eigenvalue weighted by atomic mass is 9.78. The fourth-order valence-corrected chi connectivity index (χ4v) is 5.18. The Morgan fingerprint density at radius 1 is 0.625 bits per heavy atom. The first-order valence-electron chi connectivity index (χ1n) is 13.9. The van der Waals surface area contributed by atoms with Crippen molar-refractivity contribution in [3.63, 3.8) is 0 Å². The van der Waals surface area contributed by atoms with Crippen LogP contribution in [-0.2, 0) is 21.7 Å². The molecule has 0 saturated heterocycles. The first-order valence-corrected chi connectivity index (χ1v) is 14.3. The van der Waals surface area contributed by atoms with Gasteiger partial charge in [0.05, 0.1) is 5.02 Å². The molecule has 4 aromatic rings. The SMILES string of the molecule is CC(C)(C)c1cc(-c2c(Cl)ccc3nn(-c4cc(C(C)(C)C)cc(C(C)(C)C)c4O)nc23)c(O)c(C(C)(C)C)c1. The molecule has 0 amide bonds. The van der Waals surface area contributed by atoms with Crippen LogP contribution in [0.15, 0.2) is 36.4 Å². The van der Waals surface area contributed by atoms with Gasteiger partial charge < -0.3 is 10.2 Å². The molecule has 1 heterocycles. The van der Waals surface area contributed by atoms with E-state index >= 15 is 0 Å². The molecule has 2 N–H and O–H groups in total. The molecule has 0 aliphatic carbocycles. The summed E-state index contributed by atoms with van der Waals surface area (Å²) in [5, 5.41) is 33.3. The van der Waals surface area contributed by atoms with Crippen LogP contribution < -0.4 is 0 Å². The standard InChI is InChI=1S/C34H44ClN3O2/c1-31(2,3)19-15-21(29(39)22(16-19)33(7,8)9)27-24(35)13-14-25-28(27)37-38(36-25)26-18-20(32(4,5)6)17-23(30(26)40)34(10,11)12/h13-18,39-40H,1-12H3. The number of phenolic OH excluding ortho intramolecular Hbond substituents is 2. The molecule has 3 aromatic carbocycles. The van der Waals surface area contributed by atoms with Crippen LogP contribution in [0.4, 0.5) is 0 Å². The van der Waals surface area contributed by atoms with Gasteiger partial charge in [0.25, 0.3) is 0 Å². The number of benzene rings is 3. The quantitative estimate of drug-likeness (QED) is 0.256. The molecule has 1 aromatic heterocycles. The maximum absolute atomic E-state index is 11.6. The van der Waals surface area contributed by atoms with E-state index < -0.39 is 0 Å². The van der Waals surface area contributed by atoms with Crippen molar-refractivity contribution in [2.45, 2.75) is 105 Å². The summed E-state index contributed by atoms with van der Waals surface area (Å²) < 4.78 is 0. The number of hydrogen-bond acceptors (Lipinski definition) is 4. The Bertz CT molecular complexity index is 1600. The van der Waals surface area contributed by atoms with Crippen LogP contribution in [0.3, 0.4) is 0 Å². The van der Waals surface area contributed by atoms with Crippen molar-refractivity contribution < 1.29 is 10.2 Å². The number of hydrogen-bond donors (Lipinski definition) is 2. The normalized spacial score (nSPS) is 13.3. The number of aromatic nitrogens is 3. The monoisotopic (exact) mass is 561 g/mol. The topological polar surface area (TPSA) is 71.2 Å². The van der Waals surface area contributed by atoms with Gasteiger partial charge in [-0.2, -0.15) is 0 Å². The van der Waals surface area contributed by atoms with Gasteiger partial charge in [-0.25, -0.2) is 0 Å². The highest BCUT2D eigenvalue weighted by atomic mass is 35.5. The van der Waals surface area contributed by atoms with E-state index in [4.69, 9.17) is 21.8 Å². The first-order chi connectivity index (χ1) is 18.1. The van der Waals surface area contributed by atoms with Crippen molar-refractivity contribution in [2.75, 3.05) is 0 Å². The molecule has 6 heteroatoms. The Balaban J connectivity index is 2.07. The van der Waals surface area contributed by atoms with Crippen LogP contribution >= 0.6 is 11.6 Å². The molecule has 214 valence electrons. The third-order valence-electron chi connectivity index (χ3n) is 7.54. The Hall–Kier alpha value is -3.05. The molecule has 0 fully saturated rings. The second kappa shape index (κ2) is 9.51. The third-order valence-corrected chi connectivity index (χ3v) is 7.85. The van der Waals surface area contributed by atoms with Crippen molar-refractivity contribution in [3.05, 3.63) is 63.7 Å². The largest absolute Gasteiger partial charge is 0.507 e. The molecule has 0 spiro atoms. The van der Waals surface area contributed by atoms with Gasteiger partial charge in [-0.05, 0) is 57.1 Å². The molecule has 0 aliphatic heterocycles. The van der Waals surface area contributed by atoms with Crippen molar-refractivity contribution >= 4 is 22.6 Å². The minimum Gasteiger partial charge on any atom is -0.507 e. The van der Waals surface area contributed by atoms with Crippen LogP contribution in [0.2, 0.25) is 5.02 Å². The fraction of sp³-hybridized carbons (Fsp3) is 0.471. The molecule has 40 heavy (non-hydrogen) atoms. The van der Waals surface area contributed by atoms with Crippen molar-refractivity contribution in [1.82, 2.24) is 15.0 Å². The third kappa shape index (κ3) is 5.45. The summed E-state index contributed by atoms with van der Waals surface area (Å²) in [5.41, 5.74) is 5.93. The van der Waals surface area contributed by atoms with Crippen molar-refractivity contribution in [3.8, 4) is 28.3 Å². The van der Waals surface area contributed by atoms with E-state index in [-0.39, 0.29) is 33.2 Å². The average molecular weight is 562 g/mol. The molecule has 0 aliphatic rings. The van der Waals surface area contributed by atoms with Crippen molar-refractivity contribution in [1.29, 1.82) is 0 Å². The summed E-state index contributed by atoms with van der Waals surface area (Å²) in [6, 6.07) is 11.8. The average Bonchev–Trinajstić information content (AvgIpc) is 3.20. The Kier molecular flexibility index (Phi) is 7.11. The smallest absolute Gasteiger partial charge is 0.146 e. The van der Waals surface area contributed by atoms with E-state index in [0.29, 0.717) is 32.9 Å². The zero-order chi connectivity index (χ0) is 30.2. The lowest BCUT2D eigenvalue weighted by Gasteiger charge is -2.28. The number of fused-ring (bicyclic) bond motifs is 1. The summed E-state index contributed by atoms with van der Waals surface area (Å²) in [6.07, 6.45) is 0. The minimum absolute atomic E-state index is 0.147. The minimum atomic E-state index is -0.291. The van der Waals surface area contributed by atoms with E-state index in [2.05, 4.69) is 95.2 Å². The fourth-order valence-electron chi connectivity index (χ4n) is 4.93. The highest BCUT2D eigenvalue weighted by Gasteiger charge is 2.29. The molecular formula is C34H44ClN3O2. The summed E-state index contributed by atoms with van der Waals surface area (Å²) in [4.78, 5) is 1.50. The Labute approximate surface area is 244 Å². The highest BCUT2D eigenvalue weighted by Crippen LogP contribution is 2.46. The highest BCUT2D eigenvalue weighted by molar-refractivity contribution is 6.35. The zero-order valence-electron chi connectivity index (χ0n) is 26.1.